The van der Waals surface area contributed by atoms with E-state index in [0.717, 1.165) is 5.56 Å². The number of ether oxygens (including phenoxy) is 2. The van der Waals surface area contributed by atoms with Gasteiger partial charge in [-0.2, -0.15) is 0 Å². The first-order chi connectivity index (χ1) is 10.5. The van der Waals surface area contributed by atoms with Gasteiger partial charge in [0.2, 0.25) is 0 Å². The molecule has 0 aromatic heterocycles. The third kappa shape index (κ3) is 5.88. The summed E-state index contributed by atoms with van der Waals surface area (Å²) >= 11 is 0. The monoisotopic (exact) mass is 325 g/mol. The van der Waals surface area contributed by atoms with Crippen LogP contribution in [0.2, 0.25) is 0 Å². The zero-order chi connectivity index (χ0) is 17.7. The summed E-state index contributed by atoms with van der Waals surface area (Å²) in [5.74, 6) is -1.64. The molecule has 1 amide bonds. The van der Waals surface area contributed by atoms with Gasteiger partial charge in [0.25, 0.3) is 5.72 Å². The molecule has 0 spiro atoms. The van der Waals surface area contributed by atoms with Gasteiger partial charge < -0.3 is 19.7 Å². The summed E-state index contributed by atoms with van der Waals surface area (Å²) in [6.07, 6.45) is -2.25. The van der Waals surface area contributed by atoms with E-state index in [1.54, 1.807) is 32.9 Å². The van der Waals surface area contributed by atoms with Crippen molar-refractivity contribution in [3.63, 3.8) is 0 Å². The highest BCUT2D eigenvalue weighted by molar-refractivity contribution is 5.83. The van der Waals surface area contributed by atoms with Gasteiger partial charge in [-0.25, -0.2) is 9.59 Å². The molecule has 7 heteroatoms. The highest BCUT2D eigenvalue weighted by Crippen LogP contribution is 2.16. The zero-order valence-corrected chi connectivity index (χ0v) is 13.7. The number of carboxylic acids is 1. The van der Waals surface area contributed by atoms with Crippen LogP contribution in [0.25, 0.3) is 0 Å². The maximum atomic E-state index is 11.7. The molecule has 0 radical (unpaired) electrons. The predicted molar refractivity (Wildman–Crippen MR) is 82.6 cm³/mol. The first-order valence-corrected chi connectivity index (χ1v) is 7.17. The van der Waals surface area contributed by atoms with Crippen molar-refractivity contribution >= 4 is 12.1 Å². The average Bonchev–Trinajstić information content (AvgIpc) is 2.43. The number of aliphatic carboxylic acids is 1. The second-order valence-corrected chi connectivity index (χ2v) is 6.14. The van der Waals surface area contributed by atoms with E-state index < -0.39 is 29.5 Å². The molecule has 1 rings (SSSR count). The van der Waals surface area contributed by atoms with Crippen LogP contribution in [0.3, 0.4) is 0 Å². The van der Waals surface area contributed by atoms with Crippen LogP contribution < -0.4 is 5.32 Å². The molecule has 1 aromatic rings. The summed E-state index contributed by atoms with van der Waals surface area (Å²) in [5, 5.41) is 21.5. The van der Waals surface area contributed by atoms with E-state index in [1.165, 1.54) is 6.92 Å². The van der Waals surface area contributed by atoms with Crippen molar-refractivity contribution in [1.29, 1.82) is 0 Å². The lowest BCUT2D eigenvalue weighted by atomic mass is 10.1. The molecule has 1 aromatic carbocycles. The predicted octanol–water partition coefficient (Wildman–Crippen LogP) is 1.89. The van der Waals surface area contributed by atoms with Crippen molar-refractivity contribution in [2.75, 3.05) is 0 Å². The van der Waals surface area contributed by atoms with Crippen molar-refractivity contribution < 1.29 is 29.3 Å². The van der Waals surface area contributed by atoms with Gasteiger partial charge in [0.05, 0.1) is 6.61 Å². The fourth-order valence-electron chi connectivity index (χ4n) is 1.70. The van der Waals surface area contributed by atoms with Crippen LogP contribution in [0.15, 0.2) is 30.3 Å². The van der Waals surface area contributed by atoms with Gasteiger partial charge in [-0.3, -0.25) is 5.32 Å². The summed E-state index contributed by atoms with van der Waals surface area (Å²) < 4.78 is 10.4. The minimum Gasteiger partial charge on any atom is -0.478 e. The second kappa shape index (κ2) is 7.43. The number of rotatable bonds is 6. The van der Waals surface area contributed by atoms with Crippen LogP contribution in [-0.4, -0.2) is 39.7 Å². The minimum absolute atomic E-state index is 0.0909. The Balaban J connectivity index is 2.74. The molecule has 0 saturated carbocycles. The SMILES string of the molecule is C[C@@H](OCc1ccccc1)[C@@](O)(NC(=O)OC(C)(C)C)C(=O)O. The second-order valence-electron chi connectivity index (χ2n) is 6.14. The highest BCUT2D eigenvalue weighted by atomic mass is 16.6. The van der Waals surface area contributed by atoms with E-state index in [1.807, 2.05) is 23.5 Å². The van der Waals surface area contributed by atoms with Crippen LogP contribution >= 0.6 is 0 Å². The standard InChI is InChI=1S/C16H23NO6/c1-11(22-10-12-8-6-5-7-9-12)16(21,13(18)19)17-14(20)23-15(2,3)4/h5-9,11,21H,10H2,1-4H3,(H,17,20)(H,18,19)/t11-,16+/m1/s1. The molecule has 0 saturated heterocycles. The minimum atomic E-state index is -2.60. The molecular weight excluding hydrogens is 302 g/mol. The first-order valence-electron chi connectivity index (χ1n) is 7.17. The molecule has 0 aliphatic carbocycles. The molecule has 0 bridgehead atoms. The molecule has 3 N–H and O–H groups in total. The van der Waals surface area contributed by atoms with Gasteiger partial charge in [0.15, 0.2) is 0 Å². The number of benzene rings is 1. The van der Waals surface area contributed by atoms with Gasteiger partial charge in [0.1, 0.15) is 11.7 Å². The molecule has 0 aliphatic rings. The van der Waals surface area contributed by atoms with Crippen LogP contribution in [-0.2, 0) is 20.9 Å². The number of hydrogen-bond acceptors (Lipinski definition) is 5. The van der Waals surface area contributed by atoms with E-state index in [-0.39, 0.29) is 6.61 Å². The first kappa shape index (κ1) is 18.9. The average molecular weight is 325 g/mol. The smallest absolute Gasteiger partial charge is 0.410 e. The van der Waals surface area contributed by atoms with Gasteiger partial charge in [-0.05, 0) is 33.3 Å². The van der Waals surface area contributed by atoms with Crippen LogP contribution in [0, 0.1) is 0 Å². The Kier molecular flexibility index (Phi) is 6.12. The molecule has 7 nitrogen and oxygen atoms in total. The molecular formula is C16H23NO6. The number of amides is 1. The van der Waals surface area contributed by atoms with Crippen molar-refractivity contribution in [3.05, 3.63) is 35.9 Å². The largest absolute Gasteiger partial charge is 0.478 e. The van der Waals surface area contributed by atoms with Gasteiger partial charge in [0, 0.05) is 0 Å². The Bertz CT molecular complexity index is 539. The van der Waals surface area contributed by atoms with Crippen LogP contribution in [0.5, 0.6) is 0 Å². The summed E-state index contributed by atoms with van der Waals surface area (Å²) in [7, 11) is 0. The van der Waals surface area contributed by atoms with Crippen LogP contribution in [0.1, 0.15) is 33.3 Å². The summed E-state index contributed by atoms with van der Waals surface area (Å²) in [4.78, 5) is 23.1. The summed E-state index contributed by atoms with van der Waals surface area (Å²) in [5.41, 5.74) is -2.61. The maximum absolute atomic E-state index is 11.7. The fourth-order valence-corrected chi connectivity index (χ4v) is 1.70. The van der Waals surface area contributed by atoms with Gasteiger partial charge in [-0.1, -0.05) is 30.3 Å². The van der Waals surface area contributed by atoms with E-state index in [0.29, 0.717) is 0 Å². The lowest BCUT2D eigenvalue weighted by Crippen LogP contribution is -2.62. The Labute approximate surface area is 135 Å². The number of hydrogen-bond donors (Lipinski definition) is 3. The zero-order valence-electron chi connectivity index (χ0n) is 13.7. The third-order valence-corrected chi connectivity index (χ3v) is 2.95. The Morgan fingerprint density at radius 2 is 1.78 bits per heavy atom. The fraction of sp³-hybridized carbons (Fsp3) is 0.500. The Morgan fingerprint density at radius 3 is 2.26 bits per heavy atom. The quantitative estimate of drug-likeness (QED) is 0.690. The number of aliphatic hydroxyl groups is 1. The Hall–Kier alpha value is -2.12. The lowest BCUT2D eigenvalue weighted by Gasteiger charge is -2.31. The summed E-state index contributed by atoms with van der Waals surface area (Å²) in [6, 6.07) is 9.06. The molecule has 0 aliphatic heterocycles. The molecule has 128 valence electrons. The summed E-state index contributed by atoms with van der Waals surface area (Å²) in [6.45, 7) is 6.33. The molecule has 0 unspecified atom stereocenters. The van der Waals surface area contributed by atoms with Crippen LogP contribution in [0.4, 0.5) is 4.79 Å². The van der Waals surface area contributed by atoms with Crippen molar-refractivity contribution in [2.45, 2.75) is 51.7 Å². The Morgan fingerprint density at radius 1 is 1.22 bits per heavy atom. The number of carbonyl (C=O) groups is 2. The normalized spacial score (nSPS) is 15.3. The highest BCUT2D eigenvalue weighted by Gasteiger charge is 2.45. The number of carbonyl (C=O) groups excluding carboxylic acids is 1. The van der Waals surface area contributed by atoms with Crippen molar-refractivity contribution in [1.82, 2.24) is 5.32 Å². The van der Waals surface area contributed by atoms with Crippen molar-refractivity contribution in [3.8, 4) is 0 Å². The van der Waals surface area contributed by atoms with E-state index in [2.05, 4.69) is 0 Å². The number of alkyl carbamates (subject to hydrolysis) is 1. The van der Waals surface area contributed by atoms with Gasteiger partial charge in [-0.15, -0.1) is 0 Å². The van der Waals surface area contributed by atoms with Gasteiger partial charge >= 0.3 is 12.1 Å². The number of nitrogens with one attached hydrogen (secondary N) is 1. The lowest BCUT2D eigenvalue weighted by molar-refractivity contribution is -0.182. The number of carboxylic acid groups (broad SMARTS) is 1. The van der Waals surface area contributed by atoms with Crippen molar-refractivity contribution in [2.24, 2.45) is 0 Å². The molecule has 23 heavy (non-hydrogen) atoms. The molecule has 0 fully saturated rings. The molecule has 0 heterocycles. The third-order valence-electron chi connectivity index (χ3n) is 2.95. The topological polar surface area (TPSA) is 105 Å². The van der Waals surface area contributed by atoms with E-state index in [4.69, 9.17) is 9.47 Å². The van der Waals surface area contributed by atoms with E-state index in [9.17, 15) is 19.8 Å². The maximum Gasteiger partial charge on any atom is 0.410 e. The van der Waals surface area contributed by atoms with E-state index >= 15 is 0 Å². The molecule has 2 atom stereocenters.